The highest BCUT2D eigenvalue weighted by Gasteiger charge is 2.06. The number of nitrogens with zero attached hydrogens (tertiary/aromatic N) is 1. The Morgan fingerprint density at radius 1 is 1.05 bits per heavy atom. The van der Waals surface area contributed by atoms with Crippen molar-refractivity contribution in [1.29, 1.82) is 0 Å². The molecule has 3 heteroatoms. The molecule has 2 aromatic carbocycles. The number of fused-ring (bicyclic) bond motifs is 1. The van der Waals surface area contributed by atoms with E-state index < -0.39 is 0 Å². The Balaban J connectivity index is 1.90. The van der Waals surface area contributed by atoms with Crippen LogP contribution in [0.15, 0.2) is 48.7 Å². The molecular formula is C18H18N2O. The minimum Gasteiger partial charge on any atom is -0.506 e. The Morgan fingerprint density at radius 2 is 1.81 bits per heavy atom. The molecule has 3 nitrogen and oxygen atoms in total. The van der Waals surface area contributed by atoms with Crippen molar-refractivity contribution in [3.05, 3.63) is 65.4 Å². The molecule has 1 heterocycles. The van der Waals surface area contributed by atoms with Crippen molar-refractivity contribution in [3.63, 3.8) is 0 Å². The van der Waals surface area contributed by atoms with Crippen molar-refractivity contribution in [2.24, 2.45) is 0 Å². The van der Waals surface area contributed by atoms with E-state index in [1.54, 1.807) is 12.3 Å². The van der Waals surface area contributed by atoms with Gasteiger partial charge in [-0.05, 0) is 54.8 Å². The molecule has 0 atom stereocenters. The van der Waals surface area contributed by atoms with Gasteiger partial charge in [-0.3, -0.25) is 4.98 Å². The van der Waals surface area contributed by atoms with Crippen molar-refractivity contribution >= 4 is 16.6 Å². The van der Waals surface area contributed by atoms with E-state index in [-0.39, 0.29) is 5.75 Å². The van der Waals surface area contributed by atoms with Crippen LogP contribution in [0, 0.1) is 13.8 Å². The molecular weight excluding hydrogens is 260 g/mol. The normalized spacial score (nSPS) is 10.8. The van der Waals surface area contributed by atoms with Crippen LogP contribution >= 0.6 is 0 Å². The number of phenolic OH excluding ortho intramolecular Hbond substituents is 1. The average molecular weight is 278 g/mol. The molecule has 0 fully saturated rings. The number of hydrogen-bond donors (Lipinski definition) is 2. The van der Waals surface area contributed by atoms with E-state index in [0.717, 1.165) is 16.6 Å². The number of pyridine rings is 1. The maximum absolute atomic E-state index is 9.87. The number of hydrogen-bond acceptors (Lipinski definition) is 3. The van der Waals surface area contributed by atoms with Crippen LogP contribution in [0.2, 0.25) is 0 Å². The zero-order valence-electron chi connectivity index (χ0n) is 12.2. The molecule has 0 aliphatic rings. The highest BCUT2D eigenvalue weighted by atomic mass is 16.3. The molecule has 3 rings (SSSR count). The molecule has 3 aromatic rings. The highest BCUT2D eigenvalue weighted by molar-refractivity contribution is 5.87. The molecule has 0 spiro atoms. The number of rotatable bonds is 3. The largest absolute Gasteiger partial charge is 0.506 e. The summed E-state index contributed by atoms with van der Waals surface area (Å²) in [6, 6.07) is 13.9. The second-order valence-electron chi connectivity index (χ2n) is 5.37. The van der Waals surface area contributed by atoms with Crippen molar-refractivity contribution in [2.45, 2.75) is 20.4 Å². The van der Waals surface area contributed by atoms with Gasteiger partial charge in [0.2, 0.25) is 0 Å². The molecule has 0 saturated heterocycles. The van der Waals surface area contributed by atoms with Crippen LogP contribution in [0.4, 0.5) is 5.69 Å². The van der Waals surface area contributed by atoms with Crippen LogP contribution in [-0.2, 0) is 6.54 Å². The highest BCUT2D eigenvalue weighted by Crippen LogP contribution is 2.26. The molecule has 0 amide bonds. The average Bonchev–Trinajstić information content (AvgIpc) is 2.46. The molecule has 0 unspecified atom stereocenters. The second kappa shape index (κ2) is 5.44. The number of nitrogens with one attached hydrogen (secondary N) is 1. The zero-order chi connectivity index (χ0) is 14.8. The quantitative estimate of drug-likeness (QED) is 0.755. The Morgan fingerprint density at radius 3 is 2.57 bits per heavy atom. The number of benzene rings is 2. The van der Waals surface area contributed by atoms with Crippen LogP contribution in [0.1, 0.15) is 16.7 Å². The SMILES string of the molecule is Cc1cc(C)cc(NCc2ccc(O)c3ncccc23)c1. The third-order valence-electron chi connectivity index (χ3n) is 3.54. The van der Waals surface area contributed by atoms with Crippen LogP contribution in [0.25, 0.3) is 10.9 Å². The topological polar surface area (TPSA) is 45.1 Å². The zero-order valence-corrected chi connectivity index (χ0v) is 12.2. The minimum absolute atomic E-state index is 0.223. The van der Waals surface area contributed by atoms with Crippen molar-refractivity contribution in [1.82, 2.24) is 4.98 Å². The monoisotopic (exact) mass is 278 g/mol. The first-order valence-electron chi connectivity index (χ1n) is 7.01. The first-order chi connectivity index (χ1) is 10.1. The van der Waals surface area contributed by atoms with Gasteiger partial charge in [-0.15, -0.1) is 0 Å². The van der Waals surface area contributed by atoms with Crippen LogP contribution in [0.5, 0.6) is 5.75 Å². The van der Waals surface area contributed by atoms with E-state index in [1.807, 2.05) is 18.2 Å². The summed E-state index contributed by atoms with van der Waals surface area (Å²) in [6.07, 6.45) is 1.70. The molecule has 0 aliphatic carbocycles. The first kappa shape index (κ1) is 13.4. The van der Waals surface area contributed by atoms with E-state index in [9.17, 15) is 5.11 Å². The van der Waals surface area contributed by atoms with Crippen molar-refractivity contribution in [2.75, 3.05) is 5.32 Å². The fraction of sp³-hybridized carbons (Fsp3) is 0.167. The Kier molecular flexibility index (Phi) is 3.48. The lowest BCUT2D eigenvalue weighted by molar-refractivity contribution is 0.480. The van der Waals surface area contributed by atoms with Gasteiger partial charge in [-0.1, -0.05) is 18.2 Å². The predicted molar refractivity (Wildman–Crippen MR) is 86.7 cm³/mol. The van der Waals surface area contributed by atoms with Gasteiger partial charge in [0.25, 0.3) is 0 Å². The van der Waals surface area contributed by atoms with Gasteiger partial charge in [0, 0.05) is 23.8 Å². The predicted octanol–water partition coefficient (Wildman–Crippen LogP) is 4.17. The van der Waals surface area contributed by atoms with E-state index in [4.69, 9.17) is 0 Å². The molecule has 0 aliphatic heterocycles. The van der Waals surface area contributed by atoms with Crippen LogP contribution < -0.4 is 5.32 Å². The minimum atomic E-state index is 0.223. The third kappa shape index (κ3) is 2.82. The number of aromatic hydroxyl groups is 1. The number of phenols is 1. The van der Waals surface area contributed by atoms with Gasteiger partial charge in [0.05, 0.1) is 0 Å². The fourth-order valence-corrected chi connectivity index (χ4v) is 2.64. The van der Waals surface area contributed by atoms with Gasteiger partial charge < -0.3 is 10.4 Å². The summed E-state index contributed by atoms with van der Waals surface area (Å²) in [5.41, 5.74) is 5.37. The van der Waals surface area contributed by atoms with Gasteiger partial charge >= 0.3 is 0 Å². The molecule has 106 valence electrons. The number of anilines is 1. The number of aryl methyl sites for hydroxylation is 2. The lowest BCUT2D eigenvalue weighted by atomic mass is 10.1. The lowest BCUT2D eigenvalue weighted by Crippen LogP contribution is -2.01. The molecule has 0 radical (unpaired) electrons. The lowest BCUT2D eigenvalue weighted by Gasteiger charge is -2.11. The molecule has 0 saturated carbocycles. The molecule has 1 aromatic heterocycles. The maximum atomic E-state index is 9.87. The van der Waals surface area contributed by atoms with Gasteiger partial charge in [-0.25, -0.2) is 0 Å². The summed E-state index contributed by atoms with van der Waals surface area (Å²) >= 11 is 0. The fourth-order valence-electron chi connectivity index (χ4n) is 2.64. The molecule has 21 heavy (non-hydrogen) atoms. The number of aromatic nitrogens is 1. The Bertz CT molecular complexity index is 776. The van der Waals surface area contributed by atoms with Gasteiger partial charge in [-0.2, -0.15) is 0 Å². The summed E-state index contributed by atoms with van der Waals surface area (Å²) in [5.74, 6) is 0.223. The molecule has 0 bridgehead atoms. The third-order valence-corrected chi connectivity index (χ3v) is 3.54. The smallest absolute Gasteiger partial charge is 0.141 e. The summed E-state index contributed by atoms with van der Waals surface area (Å²) in [7, 11) is 0. The Labute approximate surface area is 124 Å². The van der Waals surface area contributed by atoms with E-state index in [2.05, 4.69) is 42.3 Å². The summed E-state index contributed by atoms with van der Waals surface area (Å²) in [4.78, 5) is 4.25. The first-order valence-corrected chi connectivity index (χ1v) is 7.01. The summed E-state index contributed by atoms with van der Waals surface area (Å²) in [5, 5.41) is 14.3. The summed E-state index contributed by atoms with van der Waals surface area (Å²) in [6.45, 7) is 4.89. The second-order valence-corrected chi connectivity index (χ2v) is 5.37. The summed E-state index contributed by atoms with van der Waals surface area (Å²) < 4.78 is 0. The van der Waals surface area contributed by atoms with Crippen molar-refractivity contribution in [3.8, 4) is 5.75 Å². The standard InChI is InChI=1S/C18H18N2O/c1-12-8-13(2)10-15(9-12)20-11-14-5-6-17(21)18-16(14)4-3-7-19-18/h3-10,20-21H,11H2,1-2H3. The van der Waals surface area contributed by atoms with Gasteiger partial charge in [0.15, 0.2) is 0 Å². The van der Waals surface area contributed by atoms with E-state index in [1.165, 1.54) is 11.1 Å². The van der Waals surface area contributed by atoms with Crippen LogP contribution in [-0.4, -0.2) is 10.1 Å². The van der Waals surface area contributed by atoms with E-state index in [0.29, 0.717) is 12.1 Å². The van der Waals surface area contributed by atoms with Gasteiger partial charge in [0.1, 0.15) is 11.3 Å². The molecule has 2 N–H and O–H groups in total. The van der Waals surface area contributed by atoms with E-state index >= 15 is 0 Å². The van der Waals surface area contributed by atoms with Crippen LogP contribution in [0.3, 0.4) is 0 Å². The maximum Gasteiger partial charge on any atom is 0.141 e. The Hall–Kier alpha value is -2.55. The van der Waals surface area contributed by atoms with Crippen molar-refractivity contribution < 1.29 is 5.11 Å².